The lowest BCUT2D eigenvalue weighted by Crippen LogP contribution is -2.41. The fraction of sp³-hybridized carbons (Fsp3) is 0.421. The number of amides is 1. The average Bonchev–Trinajstić information content (AvgIpc) is 3.17. The highest BCUT2D eigenvalue weighted by molar-refractivity contribution is 7.91. The van der Waals surface area contributed by atoms with Crippen molar-refractivity contribution < 1.29 is 17.6 Å². The molecule has 1 saturated heterocycles. The van der Waals surface area contributed by atoms with Crippen LogP contribution in [-0.4, -0.2) is 38.9 Å². The van der Waals surface area contributed by atoms with Gasteiger partial charge in [0.15, 0.2) is 0 Å². The van der Waals surface area contributed by atoms with E-state index in [9.17, 15) is 17.6 Å². The molecule has 27 heavy (non-hydrogen) atoms. The summed E-state index contributed by atoms with van der Waals surface area (Å²) in [5, 5.41) is 0. The molecule has 0 spiro atoms. The standard InChI is InChI=1S/C19H23FN2O3S2/c1-2-15-7-8-18(26-15)27(24,25)21-13-14-9-11-22(12-10-14)19(23)16-5-3-4-6-17(16)20/h3-8,14,21H,2,9-13H2,1H3. The molecule has 0 atom stereocenters. The Labute approximate surface area is 163 Å². The van der Waals surface area contributed by atoms with Crippen molar-refractivity contribution in [2.24, 2.45) is 5.92 Å². The first-order valence-corrected chi connectivity index (χ1v) is 11.3. The molecule has 1 amide bonds. The molecule has 0 radical (unpaired) electrons. The third kappa shape index (κ3) is 4.75. The summed E-state index contributed by atoms with van der Waals surface area (Å²) in [5.41, 5.74) is 0.0843. The highest BCUT2D eigenvalue weighted by atomic mass is 32.2. The minimum absolute atomic E-state index is 0.0843. The van der Waals surface area contributed by atoms with Gasteiger partial charge in [-0.3, -0.25) is 4.79 Å². The Balaban J connectivity index is 1.52. The molecule has 2 heterocycles. The van der Waals surface area contributed by atoms with Crippen molar-refractivity contribution in [3.8, 4) is 0 Å². The van der Waals surface area contributed by atoms with E-state index in [1.165, 1.54) is 23.5 Å². The zero-order valence-corrected chi connectivity index (χ0v) is 16.8. The van der Waals surface area contributed by atoms with Gasteiger partial charge in [0.2, 0.25) is 10.0 Å². The largest absolute Gasteiger partial charge is 0.339 e. The predicted molar refractivity (Wildman–Crippen MR) is 104 cm³/mol. The second-order valence-corrected chi connectivity index (χ2v) is 9.80. The lowest BCUT2D eigenvalue weighted by Gasteiger charge is -2.32. The van der Waals surface area contributed by atoms with Gasteiger partial charge in [0.05, 0.1) is 5.56 Å². The molecule has 5 nitrogen and oxygen atoms in total. The number of nitrogens with one attached hydrogen (secondary N) is 1. The molecular formula is C19H23FN2O3S2. The van der Waals surface area contributed by atoms with Crippen LogP contribution in [0.1, 0.15) is 35.0 Å². The Bertz CT molecular complexity index is 903. The second-order valence-electron chi connectivity index (χ2n) is 6.64. The first-order valence-electron chi connectivity index (χ1n) is 9.03. The van der Waals surface area contributed by atoms with Crippen molar-refractivity contribution in [3.05, 3.63) is 52.7 Å². The molecule has 1 aliphatic rings. The van der Waals surface area contributed by atoms with Gasteiger partial charge >= 0.3 is 0 Å². The minimum Gasteiger partial charge on any atom is -0.339 e. The Morgan fingerprint density at radius 1 is 1.22 bits per heavy atom. The number of hydrogen-bond donors (Lipinski definition) is 1. The number of nitrogens with zero attached hydrogens (tertiary/aromatic N) is 1. The minimum atomic E-state index is -3.49. The van der Waals surface area contributed by atoms with E-state index in [0.29, 0.717) is 36.7 Å². The number of hydrogen-bond acceptors (Lipinski definition) is 4. The molecule has 0 aliphatic carbocycles. The molecule has 2 aromatic rings. The summed E-state index contributed by atoms with van der Waals surface area (Å²) in [6, 6.07) is 9.45. The molecule has 1 N–H and O–H groups in total. The molecule has 0 saturated carbocycles. The van der Waals surface area contributed by atoms with Crippen LogP contribution in [0, 0.1) is 11.7 Å². The van der Waals surface area contributed by atoms with Gasteiger partial charge in [-0.1, -0.05) is 19.1 Å². The Morgan fingerprint density at radius 2 is 1.93 bits per heavy atom. The number of thiophene rings is 1. The number of carbonyl (C=O) groups excluding carboxylic acids is 1. The van der Waals surface area contributed by atoms with Crippen LogP contribution in [0.2, 0.25) is 0 Å². The van der Waals surface area contributed by atoms with Gasteiger partial charge in [-0.05, 0) is 49.4 Å². The molecule has 1 fully saturated rings. The summed E-state index contributed by atoms with van der Waals surface area (Å²) >= 11 is 1.29. The Hall–Kier alpha value is -1.77. The van der Waals surface area contributed by atoms with Gasteiger partial charge in [-0.2, -0.15) is 0 Å². The molecule has 0 unspecified atom stereocenters. The topological polar surface area (TPSA) is 66.5 Å². The summed E-state index contributed by atoms with van der Waals surface area (Å²) < 4.78 is 41.6. The quantitative estimate of drug-likeness (QED) is 0.795. The normalized spacial score (nSPS) is 15.9. The van der Waals surface area contributed by atoms with E-state index in [-0.39, 0.29) is 17.4 Å². The predicted octanol–water partition coefficient (Wildman–Crippen LogP) is 3.28. The first kappa shape index (κ1) is 20.0. The van der Waals surface area contributed by atoms with Crippen LogP contribution in [0.25, 0.3) is 0 Å². The van der Waals surface area contributed by atoms with Crippen molar-refractivity contribution in [1.82, 2.24) is 9.62 Å². The highest BCUT2D eigenvalue weighted by Crippen LogP contribution is 2.23. The fourth-order valence-corrected chi connectivity index (χ4v) is 5.59. The Morgan fingerprint density at radius 3 is 2.56 bits per heavy atom. The van der Waals surface area contributed by atoms with Crippen LogP contribution < -0.4 is 4.72 Å². The SMILES string of the molecule is CCc1ccc(S(=O)(=O)NCC2CCN(C(=O)c3ccccc3F)CC2)s1. The van der Waals surface area contributed by atoms with E-state index < -0.39 is 15.8 Å². The fourth-order valence-electron chi connectivity index (χ4n) is 3.14. The molecule has 3 rings (SSSR count). The molecule has 146 valence electrons. The maximum Gasteiger partial charge on any atom is 0.256 e. The maximum atomic E-state index is 13.8. The second kappa shape index (κ2) is 8.50. The van der Waals surface area contributed by atoms with Crippen molar-refractivity contribution in [2.75, 3.05) is 19.6 Å². The Kier molecular flexibility index (Phi) is 6.29. The maximum absolute atomic E-state index is 13.8. The number of benzene rings is 1. The van der Waals surface area contributed by atoms with E-state index >= 15 is 0 Å². The molecule has 1 aliphatic heterocycles. The number of sulfonamides is 1. The molecular weight excluding hydrogens is 387 g/mol. The zero-order chi connectivity index (χ0) is 19.4. The summed E-state index contributed by atoms with van der Waals surface area (Å²) in [7, 11) is -3.49. The van der Waals surface area contributed by atoms with Crippen LogP contribution in [0.5, 0.6) is 0 Å². The smallest absolute Gasteiger partial charge is 0.256 e. The van der Waals surface area contributed by atoms with Crippen LogP contribution >= 0.6 is 11.3 Å². The lowest BCUT2D eigenvalue weighted by atomic mass is 9.96. The number of aryl methyl sites for hydroxylation is 1. The van der Waals surface area contributed by atoms with Gasteiger partial charge in [0.1, 0.15) is 10.0 Å². The molecule has 1 aromatic carbocycles. The summed E-state index contributed by atoms with van der Waals surface area (Å²) in [6.07, 6.45) is 2.19. The summed E-state index contributed by atoms with van der Waals surface area (Å²) in [5.74, 6) is -0.660. The number of likely N-dealkylation sites (tertiary alicyclic amines) is 1. The van der Waals surface area contributed by atoms with Crippen LogP contribution in [0.15, 0.2) is 40.6 Å². The number of piperidine rings is 1. The lowest BCUT2D eigenvalue weighted by molar-refractivity contribution is 0.0687. The van der Waals surface area contributed by atoms with E-state index in [4.69, 9.17) is 0 Å². The van der Waals surface area contributed by atoms with Crippen LogP contribution in [0.3, 0.4) is 0 Å². The zero-order valence-electron chi connectivity index (χ0n) is 15.2. The van der Waals surface area contributed by atoms with Crippen LogP contribution in [-0.2, 0) is 16.4 Å². The molecule has 1 aromatic heterocycles. The monoisotopic (exact) mass is 410 g/mol. The van der Waals surface area contributed by atoms with E-state index in [0.717, 1.165) is 11.3 Å². The van der Waals surface area contributed by atoms with Crippen LogP contribution in [0.4, 0.5) is 4.39 Å². The number of rotatable bonds is 6. The van der Waals surface area contributed by atoms with Crippen molar-refractivity contribution in [1.29, 1.82) is 0 Å². The van der Waals surface area contributed by atoms with Gasteiger partial charge in [-0.15, -0.1) is 11.3 Å². The van der Waals surface area contributed by atoms with E-state index in [1.54, 1.807) is 23.1 Å². The van der Waals surface area contributed by atoms with E-state index in [1.807, 2.05) is 13.0 Å². The third-order valence-corrected chi connectivity index (χ3v) is 7.96. The average molecular weight is 411 g/mol. The van der Waals surface area contributed by atoms with Gasteiger partial charge in [0.25, 0.3) is 5.91 Å². The van der Waals surface area contributed by atoms with Gasteiger partial charge < -0.3 is 4.90 Å². The number of carbonyl (C=O) groups is 1. The van der Waals surface area contributed by atoms with E-state index in [2.05, 4.69) is 4.72 Å². The van der Waals surface area contributed by atoms with Crippen molar-refractivity contribution >= 4 is 27.3 Å². The van der Waals surface area contributed by atoms with Crippen molar-refractivity contribution in [3.63, 3.8) is 0 Å². The number of halogens is 1. The third-order valence-electron chi connectivity index (χ3n) is 4.82. The summed E-state index contributed by atoms with van der Waals surface area (Å²) in [4.78, 5) is 15.1. The van der Waals surface area contributed by atoms with Crippen molar-refractivity contribution in [2.45, 2.75) is 30.4 Å². The first-order chi connectivity index (χ1) is 12.9. The van der Waals surface area contributed by atoms with Gasteiger partial charge in [0, 0.05) is 24.5 Å². The van der Waals surface area contributed by atoms with Gasteiger partial charge in [-0.25, -0.2) is 17.5 Å². The highest BCUT2D eigenvalue weighted by Gasteiger charge is 2.26. The summed E-state index contributed by atoms with van der Waals surface area (Å²) in [6.45, 7) is 3.34. The molecule has 0 bridgehead atoms. The molecule has 8 heteroatoms.